The van der Waals surface area contributed by atoms with E-state index in [0.717, 1.165) is 48.3 Å². The van der Waals surface area contributed by atoms with Gasteiger partial charge in [-0.1, -0.05) is 32.4 Å². The lowest BCUT2D eigenvalue weighted by Crippen LogP contribution is -2.28. The highest BCUT2D eigenvalue weighted by molar-refractivity contribution is 7.97. The van der Waals surface area contributed by atoms with Crippen LogP contribution in [-0.4, -0.2) is 33.8 Å². The monoisotopic (exact) mass is 521 g/mol. The Balaban J connectivity index is 1.97. The van der Waals surface area contributed by atoms with Crippen LogP contribution in [0, 0.1) is 0 Å². The smallest absolute Gasteiger partial charge is 0.269 e. The van der Waals surface area contributed by atoms with Gasteiger partial charge in [0.1, 0.15) is 16.8 Å². The van der Waals surface area contributed by atoms with Crippen LogP contribution in [0.15, 0.2) is 53.6 Å². The van der Waals surface area contributed by atoms with Crippen LogP contribution in [0.3, 0.4) is 0 Å². The van der Waals surface area contributed by atoms with Crippen LogP contribution in [-0.2, 0) is 11.8 Å². The molecule has 2 aromatic carbocycles. The molecule has 186 valence electrons. The molecule has 1 N–H and O–H groups in total. The van der Waals surface area contributed by atoms with Crippen molar-refractivity contribution in [2.75, 3.05) is 7.05 Å². The van der Waals surface area contributed by atoms with Crippen LogP contribution in [0.5, 0.6) is 11.5 Å². The van der Waals surface area contributed by atoms with Gasteiger partial charge in [0.2, 0.25) is 7.36 Å². The predicted molar refractivity (Wildman–Crippen MR) is 151 cm³/mol. The summed E-state index contributed by atoms with van der Waals surface area (Å²) in [5, 5.41) is 13.7. The average Bonchev–Trinajstić information content (AvgIpc) is 2.82. The first-order valence-electron chi connectivity index (χ1n) is 11.8. The zero-order valence-corrected chi connectivity index (χ0v) is 24.0. The number of rotatable bonds is 14. The van der Waals surface area contributed by atoms with Gasteiger partial charge in [-0.15, -0.1) is 0 Å². The van der Waals surface area contributed by atoms with E-state index in [4.69, 9.17) is 21.3 Å². The van der Waals surface area contributed by atoms with Crippen LogP contribution >= 0.6 is 16.1 Å². The Morgan fingerprint density at radius 2 is 1.68 bits per heavy atom. The van der Waals surface area contributed by atoms with Crippen LogP contribution in [0.2, 0.25) is 0 Å². The van der Waals surface area contributed by atoms with Crippen LogP contribution in [0.1, 0.15) is 77.5 Å². The van der Waals surface area contributed by atoms with Crippen molar-refractivity contribution in [1.29, 1.82) is 0 Å². The minimum Gasteiger partial charge on any atom is -0.482 e. The Kier molecular flexibility index (Phi) is 11.4. The first kappa shape index (κ1) is 28.7. The molecule has 0 bridgehead atoms. The SMILES string of the molecule is CCCCC(C)(Oc1ccc(C=NN(C)PC(C)(CC)Oc2ccc(C(C)O)cc2)cc1)[PH+]=S. The summed E-state index contributed by atoms with van der Waals surface area (Å²) in [5.74, 6) is 1.64. The molecule has 0 aliphatic heterocycles. The predicted octanol–water partition coefficient (Wildman–Crippen LogP) is 7.23. The maximum absolute atomic E-state index is 9.70. The molecule has 8 heteroatoms. The Morgan fingerprint density at radius 1 is 1.09 bits per heavy atom. The summed E-state index contributed by atoms with van der Waals surface area (Å²) in [5.41, 5.74) is 1.88. The normalized spacial score (nSPS) is 16.4. The van der Waals surface area contributed by atoms with Gasteiger partial charge in [-0.3, -0.25) is 4.78 Å². The Hall–Kier alpha value is -1.58. The molecule has 0 aromatic heterocycles. The number of unbranched alkanes of at least 4 members (excludes halogenated alkanes) is 1. The van der Waals surface area contributed by atoms with Crippen molar-refractivity contribution in [2.45, 2.75) is 77.1 Å². The van der Waals surface area contributed by atoms with E-state index in [2.05, 4.69) is 32.8 Å². The first-order chi connectivity index (χ1) is 16.1. The lowest BCUT2D eigenvalue weighted by molar-refractivity contribution is 0.170. The van der Waals surface area contributed by atoms with Crippen molar-refractivity contribution in [1.82, 2.24) is 4.78 Å². The minimum absolute atomic E-state index is 0.274. The van der Waals surface area contributed by atoms with E-state index >= 15 is 0 Å². The molecule has 5 unspecified atom stereocenters. The topological polar surface area (TPSA) is 54.3 Å². The Bertz CT molecular complexity index is 925. The van der Waals surface area contributed by atoms with E-state index in [1.807, 2.05) is 66.6 Å². The van der Waals surface area contributed by atoms with E-state index in [0.29, 0.717) is 16.1 Å². The molecule has 5 atom stereocenters. The largest absolute Gasteiger partial charge is 0.482 e. The van der Waals surface area contributed by atoms with Gasteiger partial charge < -0.3 is 14.6 Å². The second-order valence-electron chi connectivity index (χ2n) is 8.92. The number of hydrogen-bond acceptors (Lipinski definition) is 6. The van der Waals surface area contributed by atoms with Gasteiger partial charge >= 0.3 is 0 Å². The van der Waals surface area contributed by atoms with Crippen LogP contribution in [0.4, 0.5) is 0 Å². The highest BCUT2D eigenvalue weighted by Crippen LogP contribution is 2.39. The number of aliphatic hydroxyl groups is 1. The fraction of sp³-hybridized carbons (Fsp3) is 0.500. The lowest BCUT2D eigenvalue weighted by Gasteiger charge is -2.32. The number of benzene rings is 2. The highest BCUT2D eigenvalue weighted by atomic mass is 32.4. The third-order valence-corrected chi connectivity index (χ3v) is 9.05. The van der Waals surface area contributed by atoms with Gasteiger partial charge in [0.05, 0.1) is 12.3 Å². The van der Waals surface area contributed by atoms with Gasteiger partial charge in [-0.25, -0.2) is 0 Å². The molecule has 0 fully saturated rings. The molecule has 0 aliphatic carbocycles. The number of nitrogens with zero attached hydrogens (tertiary/aromatic N) is 2. The highest BCUT2D eigenvalue weighted by Gasteiger charge is 2.31. The molecular weight excluding hydrogens is 482 g/mol. The number of hydrogen-bond donors (Lipinski definition) is 1. The van der Waals surface area contributed by atoms with Crippen molar-refractivity contribution < 1.29 is 14.6 Å². The first-order valence-corrected chi connectivity index (χ1v) is 14.9. The maximum Gasteiger partial charge on any atom is 0.269 e. The van der Waals surface area contributed by atoms with Gasteiger partial charge in [-0.05, 0) is 74.2 Å². The number of hydrazone groups is 1. The lowest BCUT2D eigenvalue weighted by atomic mass is 10.1. The second-order valence-corrected chi connectivity index (χ2v) is 12.7. The van der Waals surface area contributed by atoms with Gasteiger partial charge in [0.15, 0.2) is 11.8 Å². The van der Waals surface area contributed by atoms with Gasteiger partial charge in [0.25, 0.3) is 5.34 Å². The summed E-state index contributed by atoms with van der Waals surface area (Å²) in [6, 6.07) is 15.6. The van der Waals surface area contributed by atoms with E-state index in [1.54, 1.807) is 6.92 Å². The molecule has 2 rings (SSSR count). The standard InChI is InChI=1S/C26H38N2O3P2S/c1-7-9-18-26(5,33-34)31-23-14-10-21(11-15-23)19-27-28(6)32-25(4,8-2)30-24-16-12-22(13-17-24)20(3)29/h10-17,19-20,29,32H,7-9,18H2,1-6H3/p+1. The van der Waals surface area contributed by atoms with Crippen molar-refractivity contribution >= 4 is 34.1 Å². The summed E-state index contributed by atoms with van der Waals surface area (Å²) < 4.78 is 14.4. The second kappa shape index (κ2) is 13.5. The maximum atomic E-state index is 9.70. The van der Waals surface area contributed by atoms with E-state index < -0.39 is 6.10 Å². The van der Waals surface area contributed by atoms with Crippen molar-refractivity contribution in [3.8, 4) is 11.5 Å². The Labute approximate surface area is 213 Å². The number of ether oxygens (including phenoxy) is 2. The molecule has 34 heavy (non-hydrogen) atoms. The summed E-state index contributed by atoms with van der Waals surface area (Å²) in [6.45, 7) is 10.3. The summed E-state index contributed by atoms with van der Waals surface area (Å²) in [6.07, 6.45) is 5.45. The van der Waals surface area contributed by atoms with E-state index in [-0.39, 0.29) is 10.7 Å². The van der Waals surface area contributed by atoms with Gasteiger partial charge in [-0.2, -0.15) is 5.10 Å². The zero-order valence-electron chi connectivity index (χ0n) is 21.2. The quantitative estimate of drug-likeness (QED) is 0.161. The molecule has 0 heterocycles. The molecule has 0 radical (unpaired) electrons. The molecule has 0 saturated carbocycles. The molecule has 5 nitrogen and oxygen atoms in total. The van der Waals surface area contributed by atoms with Crippen molar-refractivity contribution in [3.05, 3.63) is 59.7 Å². The summed E-state index contributed by atoms with van der Waals surface area (Å²) >= 11 is 5.36. The number of aliphatic hydroxyl groups excluding tert-OH is 1. The molecule has 0 saturated heterocycles. The average molecular weight is 522 g/mol. The third kappa shape index (κ3) is 9.23. The molecule has 2 aromatic rings. The van der Waals surface area contributed by atoms with E-state index in [9.17, 15) is 5.11 Å². The van der Waals surface area contributed by atoms with Crippen LogP contribution < -0.4 is 9.47 Å². The molecular formula is C26H39N2O3P2S+. The zero-order chi connectivity index (χ0) is 25.2. The summed E-state index contributed by atoms with van der Waals surface area (Å²) in [7, 11) is 2.62. The molecule has 0 aliphatic rings. The van der Waals surface area contributed by atoms with Gasteiger partial charge in [0, 0.05) is 29.1 Å². The molecule has 0 amide bonds. The third-order valence-electron chi connectivity index (χ3n) is 5.61. The van der Waals surface area contributed by atoms with Crippen LogP contribution in [0.25, 0.3) is 0 Å². The van der Waals surface area contributed by atoms with Crippen molar-refractivity contribution in [3.63, 3.8) is 0 Å². The fourth-order valence-corrected chi connectivity index (χ4v) is 5.28. The Morgan fingerprint density at radius 3 is 2.21 bits per heavy atom. The fourth-order valence-electron chi connectivity index (χ4n) is 3.29. The molecule has 0 spiro atoms. The van der Waals surface area contributed by atoms with E-state index in [1.165, 1.54) is 0 Å². The van der Waals surface area contributed by atoms with Crippen molar-refractivity contribution in [2.24, 2.45) is 5.10 Å². The minimum atomic E-state index is -0.484. The summed E-state index contributed by atoms with van der Waals surface area (Å²) in [4.78, 5) is 0.